The lowest BCUT2D eigenvalue weighted by Gasteiger charge is -2.31. The number of hydrogen-bond donors (Lipinski definition) is 2. The average molecular weight is 408 g/mol. The van der Waals surface area contributed by atoms with E-state index < -0.39 is 35.7 Å². The highest BCUT2D eigenvalue weighted by Gasteiger charge is 2.54. The van der Waals surface area contributed by atoms with Crippen molar-refractivity contribution in [1.82, 2.24) is 10.2 Å². The van der Waals surface area contributed by atoms with Gasteiger partial charge < -0.3 is 10.6 Å². The molecule has 1 atom stereocenters. The van der Waals surface area contributed by atoms with E-state index in [1.807, 2.05) is 11.4 Å². The van der Waals surface area contributed by atoms with Crippen molar-refractivity contribution < 1.29 is 18.8 Å². The number of carbonyl (C=O) groups excluding carboxylic acids is 3. The molecule has 6 nitrogen and oxygen atoms in total. The molecule has 9 heteroatoms. The van der Waals surface area contributed by atoms with Gasteiger partial charge in [-0.1, -0.05) is 11.6 Å². The second-order valence-electron chi connectivity index (χ2n) is 6.51. The molecule has 27 heavy (non-hydrogen) atoms. The van der Waals surface area contributed by atoms with Crippen LogP contribution in [0.25, 0.3) is 0 Å². The Hall–Kier alpha value is -2.45. The Kier molecular flexibility index (Phi) is 4.39. The van der Waals surface area contributed by atoms with Crippen molar-refractivity contribution in [3.63, 3.8) is 0 Å². The molecule has 1 aliphatic heterocycles. The molecule has 4 amide bonds. The minimum atomic E-state index is -1.10. The molecule has 1 aliphatic carbocycles. The fourth-order valence-corrected chi connectivity index (χ4v) is 4.78. The summed E-state index contributed by atoms with van der Waals surface area (Å²) in [6.07, 6.45) is 2.13. The number of rotatable bonds is 3. The second-order valence-corrected chi connectivity index (χ2v) is 7.95. The summed E-state index contributed by atoms with van der Waals surface area (Å²) in [6.45, 7) is -0.502. The van der Waals surface area contributed by atoms with Crippen LogP contribution in [0.2, 0.25) is 5.02 Å². The molecule has 1 fully saturated rings. The quantitative estimate of drug-likeness (QED) is 0.766. The molecule has 2 aliphatic rings. The molecule has 1 spiro atoms. The number of amides is 4. The van der Waals surface area contributed by atoms with Crippen molar-refractivity contribution in [2.45, 2.75) is 24.8 Å². The van der Waals surface area contributed by atoms with E-state index in [-0.39, 0.29) is 10.7 Å². The number of thiophene rings is 1. The molecule has 1 aromatic heterocycles. The highest BCUT2D eigenvalue weighted by atomic mass is 35.5. The molecule has 0 saturated carbocycles. The van der Waals surface area contributed by atoms with Crippen molar-refractivity contribution >= 4 is 46.5 Å². The molecule has 1 unspecified atom stereocenters. The van der Waals surface area contributed by atoms with Gasteiger partial charge in [0.25, 0.3) is 5.91 Å². The number of anilines is 1. The fraction of sp³-hybridized carbons (Fsp3) is 0.278. The topological polar surface area (TPSA) is 78.5 Å². The number of urea groups is 1. The van der Waals surface area contributed by atoms with Crippen molar-refractivity contribution in [2.24, 2.45) is 0 Å². The number of benzene rings is 1. The minimum Gasteiger partial charge on any atom is -0.322 e. The molecule has 4 rings (SSSR count). The van der Waals surface area contributed by atoms with Crippen molar-refractivity contribution in [2.75, 3.05) is 11.9 Å². The molecule has 0 bridgehead atoms. The number of imide groups is 1. The van der Waals surface area contributed by atoms with Crippen LogP contribution >= 0.6 is 22.9 Å². The molecule has 1 saturated heterocycles. The first-order valence-corrected chi connectivity index (χ1v) is 9.62. The molecule has 2 N–H and O–H groups in total. The first-order chi connectivity index (χ1) is 12.9. The number of aryl methyl sites for hydroxylation is 1. The van der Waals surface area contributed by atoms with Crippen molar-refractivity contribution in [1.29, 1.82) is 0 Å². The van der Waals surface area contributed by atoms with E-state index >= 15 is 0 Å². The van der Waals surface area contributed by atoms with E-state index in [1.54, 1.807) is 11.3 Å². The van der Waals surface area contributed by atoms with Crippen LogP contribution in [0.15, 0.2) is 29.6 Å². The Labute approximate surface area is 163 Å². The van der Waals surface area contributed by atoms with Gasteiger partial charge in [-0.05, 0) is 48.9 Å². The van der Waals surface area contributed by atoms with Gasteiger partial charge in [0.1, 0.15) is 17.9 Å². The van der Waals surface area contributed by atoms with E-state index in [1.165, 1.54) is 12.1 Å². The van der Waals surface area contributed by atoms with Gasteiger partial charge in [0, 0.05) is 15.5 Å². The summed E-state index contributed by atoms with van der Waals surface area (Å²) in [5, 5.41) is 7.28. The van der Waals surface area contributed by atoms with Crippen LogP contribution in [-0.2, 0) is 21.5 Å². The summed E-state index contributed by atoms with van der Waals surface area (Å²) < 4.78 is 13.8. The van der Waals surface area contributed by atoms with Gasteiger partial charge in [-0.15, -0.1) is 11.3 Å². The highest BCUT2D eigenvalue weighted by molar-refractivity contribution is 7.10. The predicted octanol–water partition coefficient (Wildman–Crippen LogP) is 3.26. The van der Waals surface area contributed by atoms with Crippen LogP contribution in [0.5, 0.6) is 0 Å². The van der Waals surface area contributed by atoms with Gasteiger partial charge in [0.2, 0.25) is 5.91 Å². The van der Waals surface area contributed by atoms with E-state index in [2.05, 4.69) is 10.6 Å². The smallest absolute Gasteiger partial charge is 0.322 e. The zero-order chi connectivity index (χ0) is 19.2. The van der Waals surface area contributed by atoms with Gasteiger partial charge in [-0.3, -0.25) is 14.5 Å². The van der Waals surface area contributed by atoms with Crippen LogP contribution in [0.3, 0.4) is 0 Å². The summed E-state index contributed by atoms with van der Waals surface area (Å²) in [7, 11) is 0. The number of nitrogens with one attached hydrogen (secondary N) is 2. The maximum atomic E-state index is 13.8. The molecule has 0 radical (unpaired) electrons. The zero-order valence-corrected chi connectivity index (χ0v) is 15.6. The third-order valence-corrected chi connectivity index (χ3v) is 6.06. The summed E-state index contributed by atoms with van der Waals surface area (Å²) in [5.41, 5.74) is -0.403. The predicted molar refractivity (Wildman–Crippen MR) is 99.2 cm³/mol. The maximum absolute atomic E-state index is 13.8. The standard InChI is InChI=1S/C18H15ClFN3O3S/c19-10-3-4-12(20)13(8-10)21-15(24)9-23-16(25)18(22-17(23)26)6-1-2-14-11(18)5-7-27-14/h3-5,7-8H,1-2,6,9H2,(H,21,24)(H,22,26). The lowest BCUT2D eigenvalue weighted by atomic mass is 9.80. The Morgan fingerprint density at radius 1 is 1.37 bits per heavy atom. The SMILES string of the molecule is O=C(CN1C(=O)NC2(CCCc3sccc32)C1=O)Nc1cc(Cl)ccc1F. The van der Waals surface area contributed by atoms with Crippen molar-refractivity contribution in [3.05, 3.63) is 50.9 Å². The number of nitrogens with zero attached hydrogens (tertiary/aromatic N) is 1. The van der Waals surface area contributed by atoms with Crippen LogP contribution in [0.1, 0.15) is 23.3 Å². The summed E-state index contributed by atoms with van der Waals surface area (Å²) in [6, 6.07) is 4.97. The lowest BCUT2D eigenvalue weighted by molar-refractivity contribution is -0.134. The number of fused-ring (bicyclic) bond motifs is 2. The van der Waals surface area contributed by atoms with Crippen LogP contribution in [0.4, 0.5) is 14.9 Å². The molecule has 2 heterocycles. The lowest BCUT2D eigenvalue weighted by Crippen LogP contribution is -2.46. The minimum absolute atomic E-state index is 0.105. The van der Waals surface area contributed by atoms with E-state index in [0.717, 1.165) is 34.2 Å². The van der Waals surface area contributed by atoms with E-state index in [4.69, 9.17) is 11.6 Å². The monoisotopic (exact) mass is 407 g/mol. The first-order valence-electron chi connectivity index (χ1n) is 8.36. The Morgan fingerprint density at radius 3 is 3.00 bits per heavy atom. The molecular formula is C18H15ClFN3O3S. The van der Waals surface area contributed by atoms with Gasteiger partial charge >= 0.3 is 6.03 Å². The normalized spacial score (nSPS) is 21.3. The van der Waals surface area contributed by atoms with Gasteiger partial charge in [-0.25, -0.2) is 9.18 Å². The third kappa shape index (κ3) is 2.98. The van der Waals surface area contributed by atoms with Gasteiger partial charge in [-0.2, -0.15) is 0 Å². The molecule has 140 valence electrons. The number of halogens is 2. The van der Waals surface area contributed by atoms with Crippen LogP contribution in [0, 0.1) is 5.82 Å². The Bertz CT molecular complexity index is 963. The third-order valence-electron chi connectivity index (χ3n) is 4.84. The summed E-state index contributed by atoms with van der Waals surface area (Å²) in [4.78, 5) is 39.7. The molecular weight excluding hydrogens is 393 g/mol. The summed E-state index contributed by atoms with van der Waals surface area (Å²) >= 11 is 7.36. The van der Waals surface area contributed by atoms with Crippen molar-refractivity contribution in [3.8, 4) is 0 Å². The van der Waals surface area contributed by atoms with Crippen LogP contribution in [-0.4, -0.2) is 29.3 Å². The zero-order valence-electron chi connectivity index (χ0n) is 14.1. The van der Waals surface area contributed by atoms with E-state index in [0.29, 0.717) is 6.42 Å². The van der Waals surface area contributed by atoms with Gasteiger partial charge in [0.05, 0.1) is 5.69 Å². The average Bonchev–Trinajstić information content (AvgIpc) is 3.19. The van der Waals surface area contributed by atoms with Crippen LogP contribution < -0.4 is 10.6 Å². The number of carbonyl (C=O) groups is 3. The Balaban J connectivity index is 1.54. The first kappa shape index (κ1) is 17.9. The fourth-order valence-electron chi connectivity index (χ4n) is 3.61. The largest absolute Gasteiger partial charge is 0.325 e. The van der Waals surface area contributed by atoms with E-state index in [9.17, 15) is 18.8 Å². The second kappa shape index (κ2) is 6.61. The summed E-state index contributed by atoms with van der Waals surface area (Å²) in [5.74, 6) is -1.79. The molecule has 2 aromatic rings. The number of hydrogen-bond acceptors (Lipinski definition) is 4. The highest BCUT2D eigenvalue weighted by Crippen LogP contribution is 2.42. The Morgan fingerprint density at radius 2 is 2.19 bits per heavy atom. The molecule has 1 aromatic carbocycles. The van der Waals surface area contributed by atoms with Gasteiger partial charge in [0.15, 0.2) is 0 Å². The maximum Gasteiger partial charge on any atom is 0.325 e.